The van der Waals surface area contributed by atoms with Crippen LogP contribution in [-0.2, 0) is 9.47 Å². The molecule has 0 unspecified atom stereocenters. The fourth-order valence-electron chi connectivity index (χ4n) is 1.41. The average Bonchev–Trinajstić information content (AvgIpc) is 2.36. The van der Waals surface area contributed by atoms with Crippen molar-refractivity contribution in [1.82, 2.24) is 0 Å². The molecule has 0 spiro atoms. The van der Waals surface area contributed by atoms with E-state index in [-0.39, 0.29) is 5.97 Å². The summed E-state index contributed by atoms with van der Waals surface area (Å²) in [4.78, 5) is 12.5. The summed E-state index contributed by atoms with van der Waals surface area (Å²) in [7, 11) is 1.69. The van der Waals surface area contributed by atoms with Crippen LogP contribution < -0.4 is 5.73 Å². The molecule has 0 heterocycles. The van der Waals surface area contributed by atoms with E-state index in [2.05, 4.69) is 0 Å². The number of rotatable bonds is 7. The highest BCUT2D eigenvalue weighted by molar-refractivity contribution is 7.99. The molecule has 0 aromatic heterocycles. The van der Waals surface area contributed by atoms with Gasteiger partial charge < -0.3 is 15.2 Å². The molecule has 0 radical (unpaired) electrons. The van der Waals surface area contributed by atoms with Crippen molar-refractivity contribution in [2.24, 2.45) is 0 Å². The van der Waals surface area contributed by atoms with Crippen molar-refractivity contribution in [2.75, 3.05) is 31.8 Å². The van der Waals surface area contributed by atoms with E-state index in [4.69, 9.17) is 15.2 Å². The molecule has 5 heteroatoms. The number of ether oxygens (including phenoxy) is 2. The molecule has 0 fully saturated rings. The summed E-state index contributed by atoms with van der Waals surface area (Å²) in [5.41, 5.74) is 7.02. The maximum absolute atomic E-state index is 11.5. The van der Waals surface area contributed by atoms with Crippen LogP contribution in [0, 0.1) is 0 Å². The molecule has 100 valence electrons. The second-order valence-electron chi connectivity index (χ2n) is 3.67. The molecule has 0 aliphatic heterocycles. The van der Waals surface area contributed by atoms with E-state index in [0.717, 1.165) is 23.7 Å². The van der Waals surface area contributed by atoms with Crippen molar-refractivity contribution in [1.29, 1.82) is 0 Å². The SMILES string of the molecule is CCOC(=O)c1ccc(SCCCOC)c(N)c1. The molecule has 0 amide bonds. The van der Waals surface area contributed by atoms with Gasteiger partial charge in [-0.1, -0.05) is 0 Å². The van der Waals surface area contributed by atoms with E-state index < -0.39 is 0 Å². The summed E-state index contributed by atoms with van der Waals surface area (Å²) in [6.45, 7) is 2.89. The predicted molar refractivity (Wildman–Crippen MR) is 74.0 cm³/mol. The highest BCUT2D eigenvalue weighted by Crippen LogP contribution is 2.26. The third-order valence-corrected chi connectivity index (χ3v) is 3.45. The van der Waals surface area contributed by atoms with E-state index in [1.165, 1.54) is 0 Å². The van der Waals surface area contributed by atoms with Gasteiger partial charge in [0.15, 0.2) is 0 Å². The van der Waals surface area contributed by atoms with Gasteiger partial charge in [-0.3, -0.25) is 0 Å². The van der Waals surface area contributed by atoms with Gasteiger partial charge in [-0.15, -0.1) is 11.8 Å². The Balaban J connectivity index is 2.59. The van der Waals surface area contributed by atoms with Gasteiger partial charge in [0.05, 0.1) is 12.2 Å². The number of hydrogen-bond acceptors (Lipinski definition) is 5. The van der Waals surface area contributed by atoms with Gasteiger partial charge in [0.2, 0.25) is 0 Å². The number of nitrogens with two attached hydrogens (primary N) is 1. The number of carbonyl (C=O) groups is 1. The number of thioether (sulfide) groups is 1. The topological polar surface area (TPSA) is 61.5 Å². The minimum atomic E-state index is -0.333. The molecule has 4 nitrogen and oxygen atoms in total. The van der Waals surface area contributed by atoms with Crippen LogP contribution in [0.25, 0.3) is 0 Å². The molecular formula is C13H19NO3S. The Morgan fingerprint density at radius 1 is 1.44 bits per heavy atom. The van der Waals surface area contributed by atoms with Crippen LogP contribution in [0.1, 0.15) is 23.7 Å². The quantitative estimate of drug-likeness (QED) is 0.357. The molecule has 2 N–H and O–H groups in total. The normalized spacial score (nSPS) is 10.3. The summed E-state index contributed by atoms with van der Waals surface area (Å²) in [5.74, 6) is 0.608. The fraction of sp³-hybridized carbons (Fsp3) is 0.462. The number of anilines is 1. The van der Waals surface area contributed by atoms with Crippen molar-refractivity contribution < 1.29 is 14.3 Å². The Morgan fingerprint density at radius 3 is 2.83 bits per heavy atom. The fourth-order valence-corrected chi connectivity index (χ4v) is 2.28. The molecule has 0 atom stereocenters. The molecule has 0 bridgehead atoms. The van der Waals surface area contributed by atoms with Crippen molar-refractivity contribution in [3.8, 4) is 0 Å². The molecule has 18 heavy (non-hydrogen) atoms. The molecule has 1 aromatic carbocycles. The first kappa shape index (κ1) is 14.9. The zero-order valence-corrected chi connectivity index (χ0v) is 11.6. The lowest BCUT2D eigenvalue weighted by atomic mass is 10.2. The molecular weight excluding hydrogens is 250 g/mol. The largest absolute Gasteiger partial charge is 0.462 e. The van der Waals surface area contributed by atoms with Crippen molar-refractivity contribution in [2.45, 2.75) is 18.2 Å². The number of esters is 1. The number of nitrogen functional groups attached to an aromatic ring is 1. The maximum atomic E-state index is 11.5. The van der Waals surface area contributed by atoms with Gasteiger partial charge in [-0.2, -0.15) is 0 Å². The van der Waals surface area contributed by atoms with Crippen LogP contribution in [0.2, 0.25) is 0 Å². The summed E-state index contributed by atoms with van der Waals surface area (Å²) in [6.07, 6.45) is 0.972. The standard InChI is InChI=1S/C13H19NO3S/c1-3-17-13(15)10-5-6-12(11(14)9-10)18-8-4-7-16-2/h5-6,9H,3-4,7-8,14H2,1-2H3. The van der Waals surface area contributed by atoms with Crippen LogP contribution in [0.15, 0.2) is 23.1 Å². The zero-order chi connectivity index (χ0) is 13.4. The van der Waals surface area contributed by atoms with Gasteiger partial charge in [0, 0.05) is 30.1 Å². The molecule has 1 aromatic rings. The third-order valence-electron chi connectivity index (χ3n) is 2.27. The summed E-state index contributed by atoms with van der Waals surface area (Å²) in [5, 5.41) is 0. The summed E-state index contributed by atoms with van der Waals surface area (Å²) in [6, 6.07) is 5.27. The van der Waals surface area contributed by atoms with E-state index in [1.807, 2.05) is 6.07 Å². The van der Waals surface area contributed by atoms with Crippen LogP contribution in [0.4, 0.5) is 5.69 Å². The van der Waals surface area contributed by atoms with Gasteiger partial charge in [0.1, 0.15) is 0 Å². The van der Waals surface area contributed by atoms with Crippen molar-refractivity contribution in [3.63, 3.8) is 0 Å². The van der Waals surface area contributed by atoms with Crippen LogP contribution in [0.3, 0.4) is 0 Å². The van der Waals surface area contributed by atoms with Crippen LogP contribution in [0.5, 0.6) is 0 Å². The number of carbonyl (C=O) groups excluding carboxylic acids is 1. The molecule has 0 saturated heterocycles. The summed E-state index contributed by atoms with van der Waals surface area (Å²) >= 11 is 1.66. The minimum Gasteiger partial charge on any atom is -0.462 e. The Kier molecular flexibility index (Phi) is 6.60. The predicted octanol–water partition coefficient (Wildman–Crippen LogP) is 2.57. The lowest BCUT2D eigenvalue weighted by Crippen LogP contribution is -2.05. The first-order valence-corrected chi connectivity index (χ1v) is 6.86. The number of hydrogen-bond donors (Lipinski definition) is 1. The van der Waals surface area contributed by atoms with E-state index in [1.54, 1.807) is 37.9 Å². The van der Waals surface area contributed by atoms with Gasteiger partial charge >= 0.3 is 5.97 Å². The van der Waals surface area contributed by atoms with Gasteiger partial charge in [-0.25, -0.2) is 4.79 Å². The first-order chi connectivity index (χ1) is 8.69. The highest BCUT2D eigenvalue weighted by atomic mass is 32.2. The second-order valence-corrected chi connectivity index (χ2v) is 4.80. The van der Waals surface area contributed by atoms with Gasteiger partial charge in [0.25, 0.3) is 0 Å². The van der Waals surface area contributed by atoms with Crippen LogP contribution >= 0.6 is 11.8 Å². The minimum absolute atomic E-state index is 0.333. The average molecular weight is 269 g/mol. The Bertz CT molecular complexity index is 396. The Morgan fingerprint density at radius 2 is 2.22 bits per heavy atom. The van der Waals surface area contributed by atoms with Crippen molar-refractivity contribution in [3.05, 3.63) is 23.8 Å². The monoisotopic (exact) mass is 269 g/mol. The highest BCUT2D eigenvalue weighted by Gasteiger charge is 2.08. The Hall–Kier alpha value is -1.20. The zero-order valence-electron chi connectivity index (χ0n) is 10.8. The lowest BCUT2D eigenvalue weighted by molar-refractivity contribution is 0.0526. The molecule has 0 aliphatic rings. The number of benzene rings is 1. The van der Waals surface area contributed by atoms with Gasteiger partial charge in [-0.05, 0) is 31.5 Å². The Labute approximate surface area is 112 Å². The summed E-state index contributed by atoms with van der Waals surface area (Å²) < 4.78 is 9.90. The van der Waals surface area contributed by atoms with E-state index in [0.29, 0.717) is 17.9 Å². The van der Waals surface area contributed by atoms with Crippen molar-refractivity contribution >= 4 is 23.4 Å². The van der Waals surface area contributed by atoms with E-state index in [9.17, 15) is 4.79 Å². The second kappa shape index (κ2) is 8.00. The maximum Gasteiger partial charge on any atom is 0.338 e. The molecule has 0 saturated carbocycles. The van der Waals surface area contributed by atoms with Crippen LogP contribution in [-0.4, -0.2) is 32.0 Å². The third kappa shape index (κ3) is 4.58. The molecule has 0 aliphatic carbocycles. The van der Waals surface area contributed by atoms with E-state index >= 15 is 0 Å². The first-order valence-electron chi connectivity index (χ1n) is 5.87. The number of methoxy groups -OCH3 is 1. The smallest absolute Gasteiger partial charge is 0.338 e. The lowest BCUT2D eigenvalue weighted by Gasteiger charge is -2.07. The molecule has 1 rings (SSSR count).